The SMILES string of the molecule is CCCNCc1cc(-c2ccc(Br)cc2)n[nH]1. The molecule has 0 spiro atoms. The Morgan fingerprint density at radius 2 is 2.06 bits per heavy atom. The Hall–Kier alpha value is -1.13. The molecule has 4 heteroatoms. The summed E-state index contributed by atoms with van der Waals surface area (Å²) >= 11 is 3.43. The molecule has 0 bridgehead atoms. The van der Waals surface area contributed by atoms with Gasteiger partial charge in [0, 0.05) is 22.3 Å². The Morgan fingerprint density at radius 3 is 2.76 bits per heavy atom. The van der Waals surface area contributed by atoms with E-state index in [1.54, 1.807) is 0 Å². The van der Waals surface area contributed by atoms with Gasteiger partial charge in [-0.25, -0.2) is 0 Å². The van der Waals surface area contributed by atoms with Gasteiger partial charge in [-0.2, -0.15) is 5.10 Å². The largest absolute Gasteiger partial charge is 0.311 e. The van der Waals surface area contributed by atoms with Gasteiger partial charge in [0.25, 0.3) is 0 Å². The number of aromatic amines is 1. The van der Waals surface area contributed by atoms with Crippen molar-refractivity contribution in [1.82, 2.24) is 15.5 Å². The van der Waals surface area contributed by atoms with Gasteiger partial charge in [0.15, 0.2) is 0 Å². The molecular weight excluding hydrogens is 278 g/mol. The van der Waals surface area contributed by atoms with Crippen LogP contribution in [0.2, 0.25) is 0 Å². The summed E-state index contributed by atoms with van der Waals surface area (Å²) in [7, 11) is 0. The van der Waals surface area contributed by atoms with E-state index in [0.717, 1.165) is 40.9 Å². The van der Waals surface area contributed by atoms with Gasteiger partial charge in [-0.05, 0) is 31.2 Å². The summed E-state index contributed by atoms with van der Waals surface area (Å²) in [5, 5.41) is 10.7. The van der Waals surface area contributed by atoms with Crippen LogP contribution in [-0.4, -0.2) is 16.7 Å². The molecule has 0 fully saturated rings. The van der Waals surface area contributed by atoms with Crippen LogP contribution in [0, 0.1) is 0 Å². The average Bonchev–Trinajstić information content (AvgIpc) is 2.79. The third-order valence-corrected chi connectivity index (χ3v) is 3.04. The summed E-state index contributed by atoms with van der Waals surface area (Å²) in [4.78, 5) is 0. The van der Waals surface area contributed by atoms with Gasteiger partial charge in [0.05, 0.1) is 5.69 Å². The van der Waals surface area contributed by atoms with Crippen molar-refractivity contribution in [3.63, 3.8) is 0 Å². The van der Waals surface area contributed by atoms with E-state index in [1.807, 2.05) is 12.1 Å². The number of benzene rings is 1. The lowest BCUT2D eigenvalue weighted by Gasteiger charge is -1.98. The molecule has 2 rings (SSSR count). The smallest absolute Gasteiger partial charge is 0.0924 e. The van der Waals surface area contributed by atoms with Gasteiger partial charge in [0.2, 0.25) is 0 Å². The van der Waals surface area contributed by atoms with Gasteiger partial charge in [0.1, 0.15) is 0 Å². The van der Waals surface area contributed by atoms with Crippen molar-refractivity contribution in [3.8, 4) is 11.3 Å². The van der Waals surface area contributed by atoms with Gasteiger partial charge < -0.3 is 5.32 Å². The lowest BCUT2D eigenvalue weighted by molar-refractivity contribution is 0.662. The lowest BCUT2D eigenvalue weighted by atomic mass is 10.1. The predicted octanol–water partition coefficient (Wildman–Crippen LogP) is 3.34. The average molecular weight is 294 g/mol. The van der Waals surface area contributed by atoms with Crippen molar-refractivity contribution >= 4 is 15.9 Å². The number of aromatic nitrogens is 2. The maximum atomic E-state index is 4.31. The third kappa shape index (κ3) is 3.41. The van der Waals surface area contributed by atoms with Crippen molar-refractivity contribution in [2.24, 2.45) is 0 Å². The topological polar surface area (TPSA) is 40.7 Å². The molecule has 0 amide bonds. The van der Waals surface area contributed by atoms with Crippen LogP contribution < -0.4 is 5.32 Å². The van der Waals surface area contributed by atoms with Crippen LogP contribution >= 0.6 is 15.9 Å². The van der Waals surface area contributed by atoms with Gasteiger partial charge in [-0.15, -0.1) is 0 Å². The third-order valence-electron chi connectivity index (χ3n) is 2.51. The van der Waals surface area contributed by atoms with Gasteiger partial charge in [-0.3, -0.25) is 5.10 Å². The number of halogens is 1. The molecule has 90 valence electrons. The van der Waals surface area contributed by atoms with E-state index < -0.39 is 0 Å². The Bertz CT molecular complexity index is 462. The van der Waals surface area contributed by atoms with E-state index in [2.05, 4.69) is 56.6 Å². The van der Waals surface area contributed by atoms with Crippen molar-refractivity contribution in [1.29, 1.82) is 0 Å². The van der Waals surface area contributed by atoms with E-state index >= 15 is 0 Å². The highest BCUT2D eigenvalue weighted by Crippen LogP contribution is 2.20. The molecule has 0 saturated heterocycles. The molecule has 1 heterocycles. The molecule has 17 heavy (non-hydrogen) atoms. The second-order valence-corrected chi connectivity index (χ2v) is 4.88. The van der Waals surface area contributed by atoms with E-state index in [1.165, 1.54) is 0 Å². The van der Waals surface area contributed by atoms with Crippen molar-refractivity contribution in [3.05, 3.63) is 40.5 Å². The molecule has 3 nitrogen and oxygen atoms in total. The molecule has 1 aromatic carbocycles. The Morgan fingerprint density at radius 1 is 1.29 bits per heavy atom. The first kappa shape index (κ1) is 12.3. The summed E-state index contributed by atoms with van der Waals surface area (Å²) in [5.74, 6) is 0. The number of hydrogen-bond donors (Lipinski definition) is 2. The fourth-order valence-electron chi connectivity index (χ4n) is 1.62. The van der Waals surface area contributed by atoms with Crippen LogP contribution in [0.5, 0.6) is 0 Å². The summed E-state index contributed by atoms with van der Waals surface area (Å²) in [6.07, 6.45) is 1.15. The zero-order chi connectivity index (χ0) is 12.1. The second-order valence-electron chi connectivity index (χ2n) is 3.96. The normalized spacial score (nSPS) is 10.7. The first-order valence-electron chi connectivity index (χ1n) is 5.80. The number of H-pyrrole nitrogens is 1. The maximum Gasteiger partial charge on any atom is 0.0924 e. The quantitative estimate of drug-likeness (QED) is 0.830. The highest BCUT2D eigenvalue weighted by atomic mass is 79.9. The van der Waals surface area contributed by atoms with Crippen LogP contribution in [-0.2, 0) is 6.54 Å². The van der Waals surface area contributed by atoms with E-state index in [4.69, 9.17) is 0 Å². The zero-order valence-electron chi connectivity index (χ0n) is 9.83. The van der Waals surface area contributed by atoms with Crippen LogP contribution in [0.3, 0.4) is 0 Å². The maximum absolute atomic E-state index is 4.31. The number of nitrogens with zero attached hydrogens (tertiary/aromatic N) is 1. The van der Waals surface area contributed by atoms with E-state index in [0.29, 0.717) is 0 Å². The summed E-state index contributed by atoms with van der Waals surface area (Å²) < 4.78 is 1.08. The minimum Gasteiger partial charge on any atom is -0.311 e. The molecule has 0 saturated carbocycles. The Labute approximate surface area is 110 Å². The molecule has 2 aromatic rings. The monoisotopic (exact) mass is 293 g/mol. The molecule has 0 unspecified atom stereocenters. The zero-order valence-corrected chi connectivity index (χ0v) is 11.4. The van der Waals surface area contributed by atoms with Crippen LogP contribution in [0.25, 0.3) is 11.3 Å². The minimum atomic E-state index is 0.845. The fraction of sp³-hybridized carbons (Fsp3) is 0.308. The molecule has 0 aliphatic rings. The number of nitrogens with one attached hydrogen (secondary N) is 2. The summed E-state index contributed by atoms with van der Waals surface area (Å²) in [6.45, 7) is 4.04. The van der Waals surface area contributed by atoms with Crippen LogP contribution in [0.4, 0.5) is 0 Å². The number of hydrogen-bond acceptors (Lipinski definition) is 2. The molecule has 2 N–H and O–H groups in total. The fourth-order valence-corrected chi connectivity index (χ4v) is 1.88. The van der Waals surface area contributed by atoms with Crippen molar-refractivity contribution in [2.75, 3.05) is 6.54 Å². The van der Waals surface area contributed by atoms with Gasteiger partial charge >= 0.3 is 0 Å². The highest BCUT2D eigenvalue weighted by Gasteiger charge is 2.03. The first-order valence-corrected chi connectivity index (χ1v) is 6.60. The van der Waals surface area contributed by atoms with Crippen molar-refractivity contribution < 1.29 is 0 Å². The molecule has 0 atom stereocenters. The molecule has 0 radical (unpaired) electrons. The van der Waals surface area contributed by atoms with Crippen molar-refractivity contribution in [2.45, 2.75) is 19.9 Å². The molecule has 1 aromatic heterocycles. The van der Waals surface area contributed by atoms with Gasteiger partial charge in [-0.1, -0.05) is 35.0 Å². The summed E-state index contributed by atoms with van der Waals surface area (Å²) in [5.41, 5.74) is 3.24. The van der Waals surface area contributed by atoms with E-state index in [-0.39, 0.29) is 0 Å². The summed E-state index contributed by atoms with van der Waals surface area (Å²) in [6, 6.07) is 10.3. The molecule has 0 aliphatic heterocycles. The van der Waals surface area contributed by atoms with Crippen LogP contribution in [0.1, 0.15) is 19.0 Å². The Kier molecular flexibility index (Phi) is 4.34. The van der Waals surface area contributed by atoms with Crippen LogP contribution in [0.15, 0.2) is 34.8 Å². The highest BCUT2D eigenvalue weighted by molar-refractivity contribution is 9.10. The molecular formula is C13H16BrN3. The Balaban J connectivity index is 2.04. The standard InChI is InChI=1S/C13H16BrN3/c1-2-7-15-9-12-8-13(17-16-12)10-3-5-11(14)6-4-10/h3-6,8,15H,2,7,9H2,1H3,(H,16,17). The van der Waals surface area contributed by atoms with E-state index in [9.17, 15) is 0 Å². The number of rotatable bonds is 5. The minimum absolute atomic E-state index is 0.845. The second kappa shape index (κ2) is 5.98. The first-order chi connectivity index (χ1) is 8.29. The molecule has 0 aliphatic carbocycles. The predicted molar refractivity (Wildman–Crippen MR) is 73.7 cm³/mol. The lowest BCUT2D eigenvalue weighted by Crippen LogP contribution is -2.13.